The van der Waals surface area contributed by atoms with Crippen LogP contribution in [0, 0.1) is 0 Å². The molecule has 1 aromatic rings. The Morgan fingerprint density at radius 1 is 1.28 bits per heavy atom. The Bertz CT molecular complexity index is 545. The molecular formula is C15H16O3. The molecule has 0 radical (unpaired) electrons. The number of benzene rings is 1. The number of fused-ring (bicyclic) bond motifs is 2. The van der Waals surface area contributed by atoms with E-state index in [9.17, 15) is 9.90 Å². The quantitative estimate of drug-likeness (QED) is 0.825. The van der Waals surface area contributed by atoms with Crippen LogP contribution in [0.4, 0.5) is 0 Å². The highest BCUT2D eigenvalue weighted by Crippen LogP contribution is 2.50. The molecule has 3 nitrogen and oxygen atoms in total. The predicted molar refractivity (Wildman–Crippen MR) is 68.0 cm³/mol. The van der Waals surface area contributed by atoms with Gasteiger partial charge in [-0.3, -0.25) is 4.79 Å². The normalized spacial score (nSPS) is 25.5. The average molecular weight is 244 g/mol. The predicted octanol–water partition coefficient (Wildman–Crippen LogP) is 2.50. The van der Waals surface area contributed by atoms with Crippen LogP contribution in [0.1, 0.15) is 30.4 Å². The van der Waals surface area contributed by atoms with E-state index in [0.29, 0.717) is 6.42 Å². The van der Waals surface area contributed by atoms with Crippen molar-refractivity contribution in [2.24, 2.45) is 0 Å². The van der Waals surface area contributed by atoms with Crippen molar-refractivity contribution in [2.45, 2.75) is 31.1 Å². The summed E-state index contributed by atoms with van der Waals surface area (Å²) in [5.74, 6) is 1.19. The van der Waals surface area contributed by atoms with Gasteiger partial charge in [-0.25, -0.2) is 0 Å². The van der Waals surface area contributed by atoms with Crippen molar-refractivity contribution in [1.82, 2.24) is 0 Å². The lowest BCUT2D eigenvalue weighted by atomic mass is 9.74. The maximum Gasteiger partial charge on any atom is 0.155 e. The van der Waals surface area contributed by atoms with Crippen LogP contribution in [0.15, 0.2) is 24.3 Å². The molecule has 2 aliphatic carbocycles. The van der Waals surface area contributed by atoms with Gasteiger partial charge in [-0.05, 0) is 37.0 Å². The van der Waals surface area contributed by atoms with Crippen molar-refractivity contribution in [2.75, 3.05) is 7.11 Å². The first kappa shape index (κ1) is 11.3. The summed E-state index contributed by atoms with van der Waals surface area (Å²) in [7, 11) is 1.62. The lowest BCUT2D eigenvalue weighted by molar-refractivity contribution is -0.115. The number of phenols is 1. The van der Waals surface area contributed by atoms with Crippen LogP contribution in [0.2, 0.25) is 0 Å². The zero-order chi connectivity index (χ0) is 12.8. The van der Waals surface area contributed by atoms with Gasteiger partial charge in [0.05, 0.1) is 7.11 Å². The van der Waals surface area contributed by atoms with Crippen LogP contribution < -0.4 is 4.74 Å². The van der Waals surface area contributed by atoms with E-state index in [2.05, 4.69) is 0 Å². The van der Waals surface area contributed by atoms with Crippen LogP contribution in [-0.2, 0) is 16.6 Å². The second-order valence-corrected chi connectivity index (χ2v) is 5.14. The molecule has 1 N–H and O–H groups in total. The molecule has 1 aromatic carbocycles. The summed E-state index contributed by atoms with van der Waals surface area (Å²) in [5.41, 5.74) is 2.24. The molecule has 2 aliphatic rings. The smallest absolute Gasteiger partial charge is 0.155 e. The van der Waals surface area contributed by atoms with E-state index in [1.54, 1.807) is 19.3 Å². The van der Waals surface area contributed by atoms with Crippen LogP contribution in [-0.4, -0.2) is 18.0 Å². The molecule has 0 aromatic heterocycles. The van der Waals surface area contributed by atoms with Gasteiger partial charge in [0.25, 0.3) is 0 Å². The summed E-state index contributed by atoms with van der Waals surface area (Å²) >= 11 is 0. The fourth-order valence-electron chi connectivity index (χ4n) is 3.25. The van der Waals surface area contributed by atoms with Gasteiger partial charge < -0.3 is 9.84 Å². The highest BCUT2D eigenvalue weighted by molar-refractivity contribution is 5.91. The number of aryl methyl sites for hydroxylation is 1. The number of phenolic OH excluding ortho intramolecular Hbond substituents is 1. The Morgan fingerprint density at radius 3 is 2.72 bits per heavy atom. The van der Waals surface area contributed by atoms with Gasteiger partial charge in [0.1, 0.15) is 11.5 Å². The molecule has 0 saturated heterocycles. The lowest BCUT2D eigenvalue weighted by Crippen LogP contribution is -2.25. The van der Waals surface area contributed by atoms with Gasteiger partial charge >= 0.3 is 0 Å². The molecule has 94 valence electrons. The highest BCUT2D eigenvalue weighted by Gasteiger charge is 2.41. The minimum atomic E-state index is -0.0672. The largest absolute Gasteiger partial charge is 0.508 e. The maximum absolute atomic E-state index is 11.4. The van der Waals surface area contributed by atoms with Crippen molar-refractivity contribution in [3.05, 3.63) is 35.4 Å². The summed E-state index contributed by atoms with van der Waals surface area (Å²) < 4.78 is 5.41. The molecule has 0 amide bonds. The Hall–Kier alpha value is -1.77. The Labute approximate surface area is 106 Å². The molecule has 0 fully saturated rings. The number of hydrogen-bond acceptors (Lipinski definition) is 3. The number of aromatic hydroxyl groups is 1. The van der Waals surface area contributed by atoms with Gasteiger partial charge in [-0.15, -0.1) is 0 Å². The van der Waals surface area contributed by atoms with E-state index in [4.69, 9.17) is 4.74 Å². The maximum atomic E-state index is 11.4. The van der Waals surface area contributed by atoms with Gasteiger partial charge in [0, 0.05) is 23.5 Å². The molecule has 18 heavy (non-hydrogen) atoms. The van der Waals surface area contributed by atoms with Crippen molar-refractivity contribution in [1.29, 1.82) is 0 Å². The number of carbonyl (C=O) groups is 1. The van der Waals surface area contributed by atoms with Crippen molar-refractivity contribution in [3.8, 4) is 11.5 Å². The number of carbonyl (C=O) groups excluding carboxylic acids is 1. The van der Waals surface area contributed by atoms with Crippen molar-refractivity contribution >= 4 is 5.78 Å². The van der Waals surface area contributed by atoms with Crippen LogP contribution in [0.3, 0.4) is 0 Å². The third-order valence-electron chi connectivity index (χ3n) is 4.13. The van der Waals surface area contributed by atoms with Gasteiger partial charge in [0.15, 0.2) is 5.78 Å². The average Bonchev–Trinajstić information content (AvgIpc) is 2.71. The Morgan fingerprint density at radius 2 is 2.06 bits per heavy atom. The van der Waals surface area contributed by atoms with E-state index in [1.165, 1.54) is 0 Å². The minimum Gasteiger partial charge on any atom is -0.508 e. The van der Waals surface area contributed by atoms with Crippen LogP contribution >= 0.6 is 0 Å². The van der Waals surface area contributed by atoms with Crippen molar-refractivity contribution < 1.29 is 14.6 Å². The van der Waals surface area contributed by atoms with E-state index in [-0.39, 0.29) is 16.9 Å². The van der Waals surface area contributed by atoms with Crippen LogP contribution in [0.25, 0.3) is 0 Å². The second kappa shape index (κ2) is 3.87. The molecular weight excluding hydrogens is 228 g/mol. The second-order valence-electron chi connectivity index (χ2n) is 5.14. The molecule has 0 saturated carbocycles. The Balaban J connectivity index is 2.16. The first-order chi connectivity index (χ1) is 8.64. The number of methoxy groups -OCH3 is 1. The third-order valence-corrected chi connectivity index (χ3v) is 4.13. The number of allylic oxidation sites excluding steroid dienone is 2. The third kappa shape index (κ3) is 1.54. The fourth-order valence-corrected chi connectivity index (χ4v) is 3.25. The molecule has 3 heteroatoms. The fraction of sp³-hybridized carbons (Fsp3) is 0.400. The van der Waals surface area contributed by atoms with Gasteiger partial charge in [-0.1, -0.05) is 6.08 Å². The van der Waals surface area contributed by atoms with Crippen LogP contribution in [0.5, 0.6) is 11.5 Å². The van der Waals surface area contributed by atoms with Gasteiger partial charge in [-0.2, -0.15) is 0 Å². The minimum absolute atomic E-state index is 0.0672. The molecule has 1 spiro atoms. The summed E-state index contributed by atoms with van der Waals surface area (Å²) in [6.45, 7) is 0. The zero-order valence-electron chi connectivity index (χ0n) is 10.4. The highest BCUT2D eigenvalue weighted by atomic mass is 16.5. The van der Waals surface area contributed by atoms with E-state index in [1.807, 2.05) is 12.1 Å². The van der Waals surface area contributed by atoms with E-state index in [0.717, 1.165) is 36.1 Å². The molecule has 3 rings (SSSR count). The number of hydrogen-bond donors (Lipinski definition) is 1. The van der Waals surface area contributed by atoms with Crippen molar-refractivity contribution in [3.63, 3.8) is 0 Å². The number of ether oxygens (including phenoxy) is 1. The first-order valence-electron chi connectivity index (χ1n) is 6.27. The number of ketones is 1. The number of rotatable bonds is 1. The van der Waals surface area contributed by atoms with E-state index >= 15 is 0 Å². The van der Waals surface area contributed by atoms with Gasteiger partial charge in [0.2, 0.25) is 0 Å². The molecule has 0 aliphatic heterocycles. The summed E-state index contributed by atoms with van der Waals surface area (Å²) in [6.07, 6.45) is 7.09. The molecule has 0 bridgehead atoms. The monoisotopic (exact) mass is 244 g/mol. The molecule has 1 unspecified atom stereocenters. The zero-order valence-corrected chi connectivity index (χ0v) is 10.4. The summed E-state index contributed by atoms with van der Waals surface area (Å²) in [6, 6.07) is 3.48. The topological polar surface area (TPSA) is 46.5 Å². The molecule has 0 heterocycles. The summed E-state index contributed by atoms with van der Waals surface area (Å²) in [4.78, 5) is 11.4. The lowest BCUT2D eigenvalue weighted by Gasteiger charge is -2.30. The SMILES string of the molecule is COc1cc(O)cc2c1C1(C=CC(=O)CC1)CC2. The molecule has 1 atom stereocenters. The standard InChI is InChI=1S/C15H16O3/c1-18-13-9-12(17)8-10-2-5-15(14(10)13)6-3-11(16)4-7-15/h3,6,8-9,17H,2,4-5,7H2,1H3. The van der Waals surface area contributed by atoms with E-state index < -0.39 is 0 Å². The first-order valence-corrected chi connectivity index (χ1v) is 6.27. The summed E-state index contributed by atoms with van der Waals surface area (Å²) in [5, 5.41) is 9.69. The Kier molecular flexibility index (Phi) is 2.44.